The number of hydrogen-bond donors (Lipinski definition) is 1. The van der Waals surface area contributed by atoms with Crippen LogP contribution in [0, 0.1) is 0 Å². The van der Waals surface area contributed by atoms with Crippen molar-refractivity contribution in [3.05, 3.63) is 100 Å². The highest BCUT2D eigenvalue weighted by Gasteiger charge is 2.40. The fraction of sp³-hybridized carbons (Fsp3) is 0. The Morgan fingerprint density at radius 2 is 1.10 bits per heavy atom. The van der Waals surface area contributed by atoms with Crippen LogP contribution >= 0.6 is 23.5 Å². The maximum absolute atomic E-state index is 13.2. The standard InChI is InChI=1S/C23H15NO4S2/c25-21-19(29-17-7-3-1-4-8-17)20(30-18-9-5-2-6-10-18)22(26)24(21)16-13-11-15(12-14-16)23(27)28/h1-14H,(H,27,28). The molecule has 0 spiro atoms. The normalized spacial score (nSPS) is 13.8. The van der Waals surface area contributed by atoms with Gasteiger partial charge < -0.3 is 5.11 Å². The third-order valence-electron chi connectivity index (χ3n) is 4.30. The van der Waals surface area contributed by atoms with Crippen molar-refractivity contribution in [1.29, 1.82) is 0 Å². The molecule has 1 heterocycles. The largest absolute Gasteiger partial charge is 0.478 e. The van der Waals surface area contributed by atoms with Crippen molar-refractivity contribution < 1.29 is 19.5 Å². The van der Waals surface area contributed by atoms with Crippen LogP contribution in [0.2, 0.25) is 0 Å². The third-order valence-corrected chi connectivity index (χ3v) is 6.61. The predicted octanol–water partition coefficient (Wildman–Crippen LogP) is 5.05. The Kier molecular flexibility index (Phi) is 5.74. The fourth-order valence-corrected chi connectivity index (χ4v) is 4.89. The second-order valence-corrected chi connectivity index (χ2v) is 8.45. The molecule has 3 aromatic rings. The highest BCUT2D eigenvalue weighted by molar-refractivity contribution is 8.08. The van der Waals surface area contributed by atoms with Gasteiger partial charge >= 0.3 is 5.97 Å². The van der Waals surface area contributed by atoms with E-state index in [1.54, 1.807) is 0 Å². The quantitative estimate of drug-likeness (QED) is 0.548. The van der Waals surface area contributed by atoms with Crippen molar-refractivity contribution in [2.75, 3.05) is 4.90 Å². The van der Waals surface area contributed by atoms with E-state index >= 15 is 0 Å². The first kappa shape index (κ1) is 20.0. The van der Waals surface area contributed by atoms with E-state index in [-0.39, 0.29) is 5.56 Å². The molecule has 4 rings (SSSR count). The van der Waals surface area contributed by atoms with Gasteiger partial charge in [-0.3, -0.25) is 9.59 Å². The smallest absolute Gasteiger partial charge is 0.335 e. The molecule has 0 fully saturated rings. The van der Waals surface area contributed by atoms with Gasteiger partial charge in [0.2, 0.25) is 0 Å². The van der Waals surface area contributed by atoms with Crippen molar-refractivity contribution in [3.8, 4) is 0 Å². The Hall–Kier alpha value is -3.29. The summed E-state index contributed by atoms with van der Waals surface area (Å²) in [4.78, 5) is 41.1. The van der Waals surface area contributed by atoms with Gasteiger partial charge in [0.25, 0.3) is 11.8 Å². The molecule has 2 amide bonds. The van der Waals surface area contributed by atoms with Gasteiger partial charge in [0.15, 0.2) is 0 Å². The zero-order chi connectivity index (χ0) is 21.1. The highest BCUT2D eigenvalue weighted by atomic mass is 32.2. The Labute approximate surface area is 181 Å². The third kappa shape index (κ3) is 4.03. The maximum atomic E-state index is 13.2. The van der Waals surface area contributed by atoms with Crippen LogP contribution in [0.3, 0.4) is 0 Å². The van der Waals surface area contributed by atoms with Gasteiger partial charge in [-0.25, -0.2) is 9.69 Å². The Morgan fingerprint density at radius 1 is 0.667 bits per heavy atom. The average molecular weight is 434 g/mol. The molecule has 0 saturated heterocycles. The molecule has 1 N–H and O–H groups in total. The molecular formula is C23H15NO4S2. The minimum absolute atomic E-state index is 0.0866. The number of aromatic carboxylic acids is 1. The molecule has 1 aliphatic rings. The molecule has 0 atom stereocenters. The molecule has 7 heteroatoms. The second-order valence-electron chi connectivity index (χ2n) is 6.29. The van der Waals surface area contributed by atoms with Crippen molar-refractivity contribution >= 4 is 47.0 Å². The summed E-state index contributed by atoms with van der Waals surface area (Å²) in [6.45, 7) is 0. The van der Waals surface area contributed by atoms with Gasteiger partial charge in [-0.05, 0) is 48.5 Å². The summed E-state index contributed by atoms with van der Waals surface area (Å²) in [5.74, 6) is -1.91. The Bertz CT molecular complexity index is 1080. The molecule has 3 aromatic carbocycles. The van der Waals surface area contributed by atoms with Crippen LogP contribution in [0.1, 0.15) is 10.4 Å². The maximum Gasteiger partial charge on any atom is 0.335 e. The number of carboxylic acid groups (broad SMARTS) is 1. The number of hydrogen-bond acceptors (Lipinski definition) is 5. The van der Waals surface area contributed by atoms with Crippen molar-refractivity contribution in [1.82, 2.24) is 0 Å². The first-order valence-electron chi connectivity index (χ1n) is 8.97. The number of amides is 2. The minimum atomic E-state index is -1.07. The number of anilines is 1. The van der Waals surface area contributed by atoms with Gasteiger partial charge in [-0.2, -0.15) is 0 Å². The number of carbonyl (C=O) groups excluding carboxylic acids is 2. The van der Waals surface area contributed by atoms with E-state index in [0.29, 0.717) is 15.5 Å². The van der Waals surface area contributed by atoms with E-state index in [2.05, 4.69) is 0 Å². The number of thioether (sulfide) groups is 2. The van der Waals surface area contributed by atoms with Crippen LogP contribution < -0.4 is 4.90 Å². The van der Waals surface area contributed by atoms with Crippen LogP contribution in [0.5, 0.6) is 0 Å². The summed E-state index contributed by atoms with van der Waals surface area (Å²) in [5, 5.41) is 9.09. The number of rotatable bonds is 6. The molecule has 0 unspecified atom stereocenters. The van der Waals surface area contributed by atoms with Crippen LogP contribution in [0.15, 0.2) is 105 Å². The zero-order valence-corrected chi connectivity index (χ0v) is 17.2. The van der Waals surface area contributed by atoms with Crippen LogP contribution in [0.4, 0.5) is 5.69 Å². The molecule has 0 radical (unpaired) electrons. The molecule has 5 nitrogen and oxygen atoms in total. The van der Waals surface area contributed by atoms with E-state index in [9.17, 15) is 14.4 Å². The Balaban J connectivity index is 1.72. The lowest BCUT2D eigenvalue weighted by atomic mass is 10.2. The van der Waals surface area contributed by atoms with E-state index in [1.807, 2.05) is 60.7 Å². The Morgan fingerprint density at radius 3 is 1.50 bits per heavy atom. The molecule has 0 aliphatic carbocycles. The molecule has 1 aliphatic heterocycles. The van der Waals surface area contributed by atoms with Gasteiger partial charge in [0, 0.05) is 9.79 Å². The SMILES string of the molecule is O=C(O)c1ccc(N2C(=O)C(Sc3ccccc3)=C(Sc3ccccc3)C2=O)cc1. The van der Waals surface area contributed by atoms with Gasteiger partial charge in [-0.15, -0.1) is 0 Å². The van der Waals surface area contributed by atoms with Crippen molar-refractivity contribution in [2.45, 2.75) is 9.79 Å². The molecule has 0 saturated carbocycles. The summed E-state index contributed by atoms with van der Waals surface area (Å²) in [6.07, 6.45) is 0. The molecular weight excluding hydrogens is 418 g/mol. The zero-order valence-electron chi connectivity index (χ0n) is 15.5. The van der Waals surface area contributed by atoms with Crippen LogP contribution in [-0.2, 0) is 9.59 Å². The van der Waals surface area contributed by atoms with E-state index in [1.165, 1.54) is 47.8 Å². The molecule has 0 bridgehead atoms. The summed E-state index contributed by atoms with van der Waals surface area (Å²) < 4.78 is 0. The average Bonchev–Trinajstić information content (AvgIpc) is 2.99. The van der Waals surface area contributed by atoms with E-state index in [0.717, 1.165) is 14.7 Å². The van der Waals surface area contributed by atoms with Crippen molar-refractivity contribution in [3.63, 3.8) is 0 Å². The lowest BCUT2D eigenvalue weighted by molar-refractivity contribution is -0.120. The minimum Gasteiger partial charge on any atom is -0.478 e. The molecule has 148 valence electrons. The summed E-state index contributed by atoms with van der Waals surface area (Å²) in [7, 11) is 0. The summed E-state index contributed by atoms with van der Waals surface area (Å²) in [5.41, 5.74) is 0.424. The molecule has 30 heavy (non-hydrogen) atoms. The number of imide groups is 1. The van der Waals surface area contributed by atoms with Gasteiger partial charge in [0.1, 0.15) is 0 Å². The molecule has 0 aromatic heterocycles. The number of benzene rings is 3. The predicted molar refractivity (Wildman–Crippen MR) is 118 cm³/mol. The number of carbonyl (C=O) groups is 3. The van der Waals surface area contributed by atoms with E-state index in [4.69, 9.17) is 5.11 Å². The number of carboxylic acids is 1. The fourth-order valence-electron chi connectivity index (χ4n) is 2.87. The van der Waals surface area contributed by atoms with E-state index < -0.39 is 17.8 Å². The van der Waals surface area contributed by atoms with Crippen molar-refractivity contribution in [2.24, 2.45) is 0 Å². The van der Waals surface area contributed by atoms with Gasteiger partial charge in [0.05, 0.1) is 21.1 Å². The van der Waals surface area contributed by atoms with Gasteiger partial charge in [-0.1, -0.05) is 59.9 Å². The first-order chi connectivity index (χ1) is 14.5. The van der Waals surface area contributed by atoms with Crippen LogP contribution in [-0.4, -0.2) is 22.9 Å². The summed E-state index contributed by atoms with van der Waals surface area (Å²) >= 11 is 2.50. The topological polar surface area (TPSA) is 74.7 Å². The van der Waals surface area contributed by atoms with Crippen LogP contribution in [0.25, 0.3) is 0 Å². The second kappa shape index (κ2) is 8.61. The lowest BCUT2D eigenvalue weighted by Gasteiger charge is -2.15. The lowest BCUT2D eigenvalue weighted by Crippen LogP contribution is -2.31. The first-order valence-corrected chi connectivity index (χ1v) is 10.6. The highest BCUT2D eigenvalue weighted by Crippen LogP contribution is 2.43. The summed E-state index contributed by atoms with van der Waals surface area (Å²) in [6, 6.07) is 24.5. The monoisotopic (exact) mass is 433 g/mol. The number of nitrogens with zero attached hydrogens (tertiary/aromatic N) is 1.